The number of nitrogens with zero attached hydrogens (tertiary/aromatic N) is 1. The van der Waals surface area contributed by atoms with Gasteiger partial charge < -0.3 is 10.1 Å². The molecule has 0 unspecified atom stereocenters. The molecular formula is C16H19ClF2N2OS. The molecule has 1 saturated heterocycles. The van der Waals surface area contributed by atoms with Gasteiger partial charge in [0.25, 0.3) is 0 Å². The highest BCUT2D eigenvalue weighted by Crippen LogP contribution is 2.32. The molecule has 0 spiro atoms. The lowest BCUT2D eigenvalue weighted by Gasteiger charge is -2.35. The summed E-state index contributed by atoms with van der Waals surface area (Å²) in [5, 5.41) is 7.50. The van der Waals surface area contributed by atoms with Gasteiger partial charge in [-0.2, -0.15) is 20.1 Å². The second-order valence-electron chi connectivity index (χ2n) is 5.20. The Labute approximate surface area is 144 Å². The molecule has 0 amide bonds. The summed E-state index contributed by atoms with van der Waals surface area (Å²) >= 11 is 1.65. The Morgan fingerprint density at radius 3 is 2.57 bits per heavy atom. The lowest BCUT2D eigenvalue weighted by atomic mass is 9.98. The molecule has 126 valence electrons. The van der Waals surface area contributed by atoms with Gasteiger partial charge in [0, 0.05) is 26.2 Å². The van der Waals surface area contributed by atoms with Crippen LogP contribution in [0.1, 0.15) is 17.2 Å². The first-order valence-electron chi connectivity index (χ1n) is 7.25. The van der Waals surface area contributed by atoms with Crippen LogP contribution in [0.2, 0.25) is 0 Å². The molecule has 1 aliphatic rings. The SMILES string of the molecule is Cl.FC(F)Oc1cccc([C@@H](c2ccsc2)N2CCNCC2)c1. The van der Waals surface area contributed by atoms with Crippen molar-refractivity contribution in [3.8, 4) is 5.75 Å². The van der Waals surface area contributed by atoms with E-state index in [4.69, 9.17) is 0 Å². The predicted molar refractivity (Wildman–Crippen MR) is 90.9 cm³/mol. The molecule has 1 aromatic carbocycles. The first kappa shape index (κ1) is 18.1. The van der Waals surface area contributed by atoms with Crippen LogP contribution in [0.4, 0.5) is 8.78 Å². The molecule has 0 aliphatic carbocycles. The average molecular weight is 361 g/mol. The van der Waals surface area contributed by atoms with Gasteiger partial charge in [-0.1, -0.05) is 12.1 Å². The predicted octanol–water partition coefficient (Wildman–Crippen LogP) is 3.77. The Balaban J connectivity index is 0.00000192. The van der Waals surface area contributed by atoms with Crippen LogP contribution in [0.3, 0.4) is 0 Å². The average Bonchev–Trinajstić information content (AvgIpc) is 3.02. The number of benzene rings is 1. The maximum Gasteiger partial charge on any atom is 0.387 e. The zero-order chi connectivity index (χ0) is 15.4. The number of hydrogen-bond donors (Lipinski definition) is 1. The van der Waals surface area contributed by atoms with Crippen LogP contribution >= 0.6 is 23.7 Å². The Kier molecular flexibility index (Phi) is 6.77. The Morgan fingerprint density at radius 1 is 1.13 bits per heavy atom. The van der Waals surface area contributed by atoms with Crippen LogP contribution in [0.5, 0.6) is 5.75 Å². The second kappa shape index (κ2) is 8.59. The van der Waals surface area contributed by atoms with Gasteiger partial charge in [0.15, 0.2) is 0 Å². The number of ether oxygens (including phenoxy) is 1. The van der Waals surface area contributed by atoms with Gasteiger partial charge in [-0.25, -0.2) is 0 Å². The van der Waals surface area contributed by atoms with E-state index in [-0.39, 0.29) is 24.2 Å². The van der Waals surface area contributed by atoms with E-state index < -0.39 is 6.61 Å². The summed E-state index contributed by atoms with van der Waals surface area (Å²) < 4.78 is 29.4. The molecule has 0 bridgehead atoms. The number of alkyl halides is 2. The summed E-state index contributed by atoms with van der Waals surface area (Å²) in [5.74, 6) is 0.211. The van der Waals surface area contributed by atoms with Crippen LogP contribution in [-0.4, -0.2) is 37.7 Å². The molecule has 0 saturated carbocycles. The largest absolute Gasteiger partial charge is 0.435 e. The van der Waals surface area contributed by atoms with Gasteiger partial charge in [0.1, 0.15) is 5.75 Å². The molecule has 2 heterocycles. The van der Waals surface area contributed by atoms with Crippen molar-refractivity contribution in [1.29, 1.82) is 0 Å². The highest BCUT2D eigenvalue weighted by atomic mass is 35.5. The Morgan fingerprint density at radius 2 is 1.91 bits per heavy atom. The lowest BCUT2D eigenvalue weighted by molar-refractivity contribution is -0.0499. The first-order valence-corrected chi connectivity index (χ1v) is 8.20. The van der Waals surface area contributed by atoms with E-state index in [1.165, 1.54) is 5.56 Å². The van der Waals surface area contributed by atoms with Crippen molar-refractivity contribution in [2.75, 3.05) is 26.2 Å². The quantitative estimate of drug-likeness (QED) is 0.878. The third-order valence-electron chi connectivity index (χ3n) is 3.77. The summed E-state index contributed by atoms with van der Waals surface area (Å²) in [5.41, 5.74) is 2.18. The van der Waals surface area contributed by atoms with Gasteiger partial charge in [-0.3, -0.25) is 4.90 Å². The van der Waals surface area contributed by atoms with Gasteiger partial charge in [-0.15, -0.1) is 12.4 Å². The number of nitrogens with one attached hydrogen (secondary N) is 1. The Bertz CT molecular complexity index is 592. The van der Waals surface area contributed by atoms with E-state index in [9.17, 15) is 8.78 Å². The van der Waals surface area contributed by atoms with Crippen molar-refractivity contribution >= 4 is 23.7 Å². The first-order chi connectivity index (χ1) is 10.7. The molecule has 1 aromatic heterocycles. The van der Waals surface area contributed by atoms with Crippen molar-refractivity contribution in [3.63, 3.8) is 0 Å². The minimum atomic E-state index is -2.80. The van der Waals surface area contributed by atoms with Crippen molar-refractivity contribution in [3.05, 3.63) is 52.2 Å². The topological polar surface area (TPSA) is 24.5 Å². The molecule has 1 N–H and O–H groups in total. The zero-order valence-electron chi connectivity index (χ0n) is 12.5. The smallest absolute Gasteiger partial charge is 0.387 e. The van der Waals surface area contributed by atoms with Crippen LogP contribution in [0.25, 0.3) is 0 Å². The van der Waals surface area contributed by atoms with Crippen LogP contribution in [-0.2, 0) is 0 Å². The fraction of sp³-hybridized carbons (Fsp3) is 0.375. The number of hydrogen-bond acceptors (Lipinski definition) is 4. The van der Waals surface area contributed by atoms with E-state index >= 15 is 0 Å². The third kappa shape index (κ3) is 4.64. The van der Waals surface area contributed by atoms with Gasteiger partial charge in [-0.05, 0) is 40.1 Å². The van der Waals surface area contributed by atoms with Gasteiger partial charge in [0.05, 0.1) is 6.04 Å². The normalized spacial score (nSPS) is 16.8. The van der Waals surface area contributed by atoms with Crippen molar-refractivity contribution in [2.24, 2.45) is 0 Å². The standard InChI is InChI=1S/C16H18F2N2OS.ClH/c17-16(18)21-14-3-1-2-12(10-14)15(13-4-9-22-11-13)20-7-5-19-6-8-20;/h1-4,9-11,15-16,19H,5-8H2;1H/t15-;/m0./s1. The highest BCUT2D eigenvalue weighted by Gasteiger charge is 2.24. The summed E-state index contributed by atoms with van der Waals surface area (Å²) in [6, 6.07) is 9.21. The molecule has 7 heteroatoms. The number of halogens is 3. The van der Waals surface area contributed by atoms with Gasteiger partial charge >= 0.3 is 6.61 Å². The van der Waals surface area contributed by atoms with Gasteiger partial charge in [0.2, 0.25) is 0 Å². The summed E-state index contributed by atoms with van der Waals surface area (Å²) in [6.07, 6.45) is 0. The summed E-state index contributed by atoms with van der Waals surface area (Å²) in [7, 11) is 0. The van der Waals surface area contributed by atoms with Crippen LogP contribution in [0.15, 0.2) is 41.1 Å². The van der Waals surface area contributed by atoms with E-state index in [1.54, 1.807) is 29.5 Å². The molecule has 0 radical (unpaired) electrons. The van der Waals surface area contributed by atoms with E-state index in [0.717, 1.165) is 31.7 Å². The Hall–Kier alpha value is -1.21. The molecule has 3 nitrogen and oxygen atoms in total. The van der Waals surface area contributed by atoms with E-state index in [0.29, 0.717) is 0 Å². The molecule has 23 heavy (non-hydrogen) atoms. The molecule has 2 aromatic rings. The van der Waals surface area contributed by atoms with E-state index in [2.05, 4.69) is 26.4 Å². The molecule has 1 fully saturated rings. The summed E-state index contributed by atoms with van der Waals surface area (Å²) in [6.45, 7) is 0.942. The maximum absolute atomic E-state index is 12.4. The maximum atomic E-state index is 12.4. The zero-order valence-corrected chi connectivity index (χ0v) is 14.1. The summed E-state index contributed by atoms with van der Waals surface area (Å²) in [4.78, 5) is 2.38. The van der Waals surface area contributed by atoms with Crippen LogP contribution < -0.4 is 10.1 Å². The minimum absolute atomic E-state index is 0. The van der Waals surface area contributed by atoms with Crippen molar-refractivity contribution < 1.29 is 13.5 Å². The minimum Gasteiger partial charge on any atom is -0.435 e. The molecule has 3 rings (SSSR count). The number of thiophene rings is 1. The molecule has 1 atom stereocenters. The fourth-order valence-electron chi connectivity index (χ4n) is 2.85. The van der Waals surface area contributed by atoms with Crippen molar-refractivity contribution in [1.82, 2.24) is 10.2 Å². The molecular weight excluding hydrogens is 342 g/mol. The second-order valence-corrected chi connectivity index (χ2v) is 5.98. The van der Waals surface area contributed by atoms with E-state index in [1.807, 2.05) is 11.4 Å². The number of rotatable bonds is 5. The number of piperazine rings is 1. The monoisotopic (exact) mass is 360 g/mol. The lowest BCUT2D eigenvalue weighted by Crippen LogP contribution is -2.45. The van der Waals surface area contributed by atoms with Crippen LogP contribution in [0, 0.1) is 0 Å². The fourth-order valence-corrected chi connectivity index (χ4v) is 3.52. The highest BCUT2D eigenvalue weighted by molar-refractivity contribution is 7.08. The molecule has 1 aliphatic heterocycles. The van der Waals surface area contributed by atoms with Crippen molar-refractivity contribution in [2.45, 2.75) is 12.7 Å². The third-order valence-corrected chi connectivity index (χ3v) is 4.48.